The van der Waals surface area contributed by atoms with E-state index in [1.807, 2.05) is 54.1 Å². The van der Waals surface area contributed by atoms with Crippen LogP contribution in [0, 0.1) is 19.3 Å². The third-order valence-electron chi connectivity index (χ3n) is 7.47. The zero-order valence-corrected chi connectivity index (χ0v) is 20.0. The van der Waals surface area contributed by atoms with Crippen molar-refractivity contribution in [3.8, 4) is 0 Å². The zero-order valence-electron chi connectivity index (χ0n) is 20.0. The molecule has 5 rings (SSSR count). The molecule has 3 heterocycles. The van der Waals surface area contributed by atoms with Crippen molar-refractivity contribution in [2.75, 3.05) is 13.1 Å². The summed E-state index contributed by atoms with van der Waals surface area (Å²) in [5, 5.41) is 0. The number of aromatic nitrogens is 1. The number of hydrogen-bond donors (Lipinski definition) is 0. The third-order valence-corrected chi connectivity index (χ3v) is 7.47. The van der Waals surface area contributed by atoms with E-state index in [2.05, 4.69) is 35.3 Å². The molecular formula is C29H31N3O2. The number of nitrogens with zero attached hydrogens (tertiary/aromatic N) is 3. The van der Waals surface area contributed by atoms with Crippen LogP contribution in [0.15, 0.2) is 67.0 Å². The van der Waals surface area contributed by atoms with Crippen LogP contribution in [0.4, 0.5) is 0 Å². The molecule has 3 aromatic rings. The monoisotopic (exact) mass is 453 g/mol. The minimum absolute atomic E-state index is 0.0704. The number of hydrogen-bond acceptors (Lipinski definition) is 3. The summed E-state index contributed by atoms with van der Waals surface area (Å²) in [6.45, 7) is 6.39. The van der Waals surface area contributed by atoms with Gasteiger partial charge in [-0.05, 0) is 67.5 Å². The van der Waals surface area contributed by atoms with Gasteiger partial charge >= 0.3 is 0 Å². The maximum atomic E-state index is 14.0. The first-order valence-electron chi connectivity index (χ1n) is 12.1. The molecule has 0 bridgehead atoms. The number of fused-ring (bicyclic) bond motifs is 1. The molecule has 0 N–H and O–H groups in total. The van der Waals surface area contributed by atoms with E-state index in [-0.39, 0.29) is 11.8 Å². The molecular weight excluding hydrogens is 422 g/mol. The topological polar surface area (TPSA) is 53.5 Å². The van der Waals surface area contributed by atoms with Gasteiger partial charge in [0, 0.05) is 44.1 Å². The predicted octanol–water partition coefficient (Wildman–Crippen LogP) is 4.71. The maximum Gasteiger partial charge on any atom is 0.254 e. The van der Waals surface area contributed by atoms with Gasteiger partial charge in [0.05, 0.1) is 5.41 Å². The normalized spacial score (nSPS) is 17.4. The number of benzene rings is 2. The number of amides is 2. The second-order valence-electron chi connectivity index (χ2n) is 9.86. The van der Waals surface area contributed by atoms with E-state index in [9.17, 15) is 9.59 Å². The molecule has 2 aromatic carbocycles. The lowest BCUT2D eigenvalue weighted by Gasteiger charge is -2.42. The van der Waals surface area contributed by atoms with Crippen LogP contribution >= 0.6 is 0 Å². The van der Waals surface area contributed by atoms with Crippen LogP contribution in [-0.2, 0) is 24.3 Å². The summed E-state index contributed by atoms with van der Waals surface area (Å²) < 4.78 is 0. The molecule has 34 heavy (non-hydrogen) atoms. The van der Waals surface area contributed by atoms with Crippen LogP contribution in [0.3, 0.4) is 0 Å². The van der Waals surface area contributed by atoms with Gasteiger partial charge in [0.2, 0.25) is 5.91 Å². The number of carbonyl (C=O) groups excluding carboxylic acids is 2. The summed E-state index contributed by atoms with van der Waals surface area (Å²) in [5.74, 6) is 0.271. The Hall–Kier alpha value is -3.47. The average molecular weight is 454 g/mol. The fourth-order valence-electron chi connectivity index (χ4n) is 5.53. The number of rotatable bonds is 3. The van der Waals surface area contributed by atoms with Gasteiger partial charge in [-0.2, -0.15) is 0 Å². The first kappa shape index (κ1) is 22.3. The Kier molecular flexibility index (Phi) is 5.94. The fourth-order valence-corrected chi connectivity index (χ4v) is 5.53. The lowest BCUT2D eigenvalue weighted by atomic mass is 9.72. The van der Waals surface area contributed by atoms with Crippen molar-refractivity contribution in [1.82, 2.24) is 14.8 Å². The Morgan fingerprint density at radius 2 is 1.76 bits per heavy atom. The predicted molar refractivity (Wildman–Crippen MR) is 132 cm³/mol. The number of carbonyl (C=O) groups is 2. The molecule has 1 spiro atoms. The molecule has 2 amide bonds. The average Bonchev–Trinajstić information content (AvgIpc) is 2.95. The molecule has 5 nitrogen and oxygen atoms in total. The highest BCUT2D eigenvalue weighted by atomic mass is 16.2. The summed E-state index contributed by atoms with van der Waals surface area (Å²) in [6, 6.07) is 18.3. The molecule has 1 fully saturated rings. The van der Waals surface area contributed by atoms with Crippen LogP contribution in [0.25, 0.3) is 0 Å². The van der Waals surface area contributed by atoms with E-state index in [4.69, 9.17) is 0 Å². The van der Waals surface area contributed by atoms with E-state index in [0.717, 1.165) is 28.7 Å². The van der Waals surface area contributed by atoms with Gasteiger partial charge in [0.15, 0.2) is 0 Å². The number of aryl methyl sites for hydroxylation is 2. The SMILES string of the molecule is Cc1ccc(C(=O)N2CCC3(CC2)Cc2ccccc2CN(Cc2cccnc2)C3=O)c(C)c1. The first-order valence-corrected chi connectivity index (χ1v) is 12.1. The number of likely N-dealkylation sites (tertiary alicyclic amines) is 1. The van der Waals surface area contributed by atoms with Crippen LogP contribution in [-0.4, -0.2) is 39.7 Å². The van der Waals surface area contributed by atoms with Crippen molar-refractivity contribution >= 4 is 11.8 Å². The Labute approximate surface area is 201 Å². The van der Waals surface area contributed by atoms with Crippen LogP contribution in [0.5, 0.6) is 0 Å². The quantitative estimate of drug-likeness (QED) is 0.577. The van der Waals surface area contributed by atoms with Gasteiger partial charge in [-0.1, -0.05) is 48.0 Å². The second-order valence-corrected chi connectivity index (χ2v) is 9.86. The van der Waals surface area contributed by atoms with E-state index in [0.29, 0.717) is 39.0 Å². The smallest absolute Gasteiger partial charge is 0.254 e. The number of piperidine rings is 1. The molecule has 0 saturated carbocycles. The number of pyridine rings is 1. The summed E-state index contributed by atoms with van der Waals surface area (Å²) in [6.07, 6.45) is 5.69. The lowest BCUT2D eigenvalue weighted by molar-refractivity contribution is -0.145. The molecule has 0 aliphatic carbocycles. The van der Waals surface area contributed by atoms with Crippen molar-refractivity contribution in [1.29, 1.82) is 0 Å². The van der Waals surface area contributed by atoms with E-state index in [1.54, 1.807) is 6.20 Å². The molecule has 0 radical (unpaired) electrons. The van der Waals surface area contributed by atoms with E-state index in [1.165, 1.54) is 11.1 Å². The van der Waals surface area contributed by atoms with Gasteiger partial charge in [-0.15, -0.1) is 0 Å². The highest BCUT2D eigenvalue weighted by molar-refractivity contribution is 5.96. The third kappa shape index (κ3) is 4.23. The van der Waals surface area contributed by atoms with E-state index < -0.39 is 5.41 Å². The van der Waals surface area contributed by atoms with Gasteiger partial charge in [-0.25, -0.2) is 0 Å². The van der Waals surface area contributed by atoms with Crippen molar-refractivity contribution in [3.05, 3.63) is 100 Å². The second kappa shape index (κ2) is 9.05. The fraction of sp³-hybridized carbons (Fsp3) is 0.345. The lowest BCUT2D eigenvalue weighted by Crippen LogP contribution is -2.51. The Morgan fingerprint density at radius 3 is 2.47 bits per heavy atom. The first-order chi connectivity index (χ1) is 16.4. The Bertz CT molecular complexity index is 1210. The van der Waals surface area contributed by atoms with Gasteiger partial charge in [-0.3, -0.25) is 14.6 Å². The molecule has 174 valence electrons. The largest absolute Gasteiger partial charge is 0.339 e. The summed E-state index contributed by atoms with van der Waals surface area (Å²) in [7, 11) is 0. The van der Waals surface area contributed by atoms with Crippen molar-refractivity contribution in [2.24, 2.45) is 5.41 Å². The van der Waals surface area contributed by atoms with Crippen LogP contribution in [0.1, 0.15) is 51.0 Å². The van der Waals surface area contributed by atoms with Crippen LogP contribution < -0.4 is 0 Å². The molecule has 0 unspecified atom stereocenters. The zero-order chi connectivity index (χ0) is 23.7. The molecule has 2 aliphatic rings. The molecule has 1 aromatic heterocycles. The molecule has 1 saturated heterocycles. The Morgan fingerprint density at radius 1 is 1.00 bits per heavy atom. The standard InChI is InChI=1S/C29H31N3O2/c1-21-9-10-26(22(2)16-21)27(33)31-14-11-29(12-15-31)17-24-7-3-4-8-25(24)20-32(28(29)34)19-23-6-5-13-30-18-23/h3-10,13,16,18H,11-12,14-15,17,19-20H2,1-2H3. The summed E-state index contributed by atoms with van der Waals surface area (Å²) >= 11 is 0. The minimum Gasteiger partial charge on any atom is -0.339 e. The Balaban J connectivity index is 1.40. The summed E-state index contributed by atoms with van der Waals surface area (Å²) in [5.41, 5.74) is 5.94. The molecule has 5 heteroatoms. The molecule has 0 atom stereocenters. The highest BCUT2D eigenvalue weighted by Crippen LogP contribution is 2.41. The van der Waals surface area contributed by atoms with Crippen molar-refractivity contribution in [2.45, 2.75) is 46.2 Å². The summed E-state index contributed by atoms with van der Waals surface area (Å²) in [4.78, 5) is 35.5. The van der Waals surface area contributed by atoms with Gasteiger partial charge in [0.1, 0.15) is 0 Å². The van der Waals surface area contributed by atoms with Crippen molar-refractivity contribution < 1.29 is 9.59 Å². The van der Waals surface area contributed by atoms with E-state index >= 15 is 0 Å². The van der Waals surface area contributed by atoms with Gasteiger partial charge in [0.25, 0.3) is 5.91 Å². The van der Waals surface area contributed by atoms with Gasteiger partial charge < -0.3 is 9.80 Å². The maximum absolute atomic E-state index is 14.0. The molecule has 2 aliphatic heterocycles. The highest BCUT2D eigenvalue weighted by Gasteiger charge is 2.46. The minimum atomic E-state index is -0.478. The van der Waals surface area contributed by atoms with Crippen molar-refractivity contribution in [3.63, 3.8) is 0 Å². The van der Waals surface area contributed by atoms with Crippen LogP contribution in [0.2, 0.25) is 0 Å².